The Labute approximate surface area is 372 Å². The quantitative estimate of drug-likeness (QED) is 0.0821. The highest BCUT2D eigenvalue weighted by atomic mass is 16.8. The number of aliphatic hydroxyl groups is 1. The van der Waals surface area contributed by atoms with Crippen molar-refractivity contribution >= 4 is 35.8 Å². The van der Waals surface area contributed by atoms with Crippen molar-refractivity contribution in [3.8, 4) is 0 Å². The second-order valence-corrected chi connectivity index (χ2v) is 19.2. The van der Waals surface area contributed by atoms with E-state index >= 15 is 0 Å². The number of oxime groups is 1. The van der Waals surface area contributed by atoms with E-state index < -0.39 is 114 Å². The number of aliphatic hydroxyl groups excluding tert-OH is 1. The van der Waals surface area contributed by atoms with Gasteiger partial charge in [0.05, 0.1) is 29.6 Å². The number of rotatable bonds is 9. The van der Waals surface area contributed by atoms with Gasteiger partial charge in [-0.25, -0.2) is 14.4 Å². The number of nitrogens with one attached hydrogen (secondary N) is 2. The van der Waals surface area contributed by atoms with Crippen LogP contribution in [0.4, 0.5) is 14.4 Å². The number of amides is 2. The summed E-state index contributed by atoms with van der Waals surface area (Å²) >= 11 is 0. The minimum Gasteiger partial charge on any atom is -0.457 e. The number of hydrogen-bond acceptors (Lipinski definition) is 16. The molecule has 3 N–H and O–H groups in total. The Morgan fingerprint density at radius 2 is 1.46 bits per heavy atom. The van der Waals surface area contributed by atoms with Crippen LogP contribution in [0.1, 0.15) is 132 Å². The van der Waals surface area contributed by atoms with E-state index in [1.165, 1.54) is 14.0 Å². The predicted octanol–water partition coefficient (Wildman–Crippen LogP) is 5.79. The molecule has 0 aromatic rings. The van der Waals surface area contributed by atoms with Gasteiger partial charge in [0.1, 0.15) is 24.2 Å². The molecule has 3 heterocycles. The SMILES string of the molecule is CC[C@H]1OC(=O)[C@H](C)C(=O)[C@H](C)[C@@H](O[C@@H]2O[C@H](C)[C@@H](OC(=O)NC3CCCCC3)[C@H](N(C)C)[C@H]2O)[C@@](C)(OC)C[C@@H](C)/C(=N\OC(=O)NC2CCCCC2)[C@H](C)[C@H]2OC(=O)O[C@@]21C. The molecule has 0 unspecified atom stereocenters. The van der Waals surface area contributed by atoms with Crippen LogP contribution in [-0.2, 0) is 47.6 Å². The van der Waals surface area contributed by atoms with Crippen molar-refractivity contribution in [3.63, 3.8) is 0 Å². The van der Waals surface area contributed by atoms with E-state index in [0.717, 1.165) is 64.2 Å². The lowest BCUT2D eigenvalue weighted by atomic mass is 9.74. The molecule has 0 radical (unpaired) electrons. The fraction of sp³-hybridized carbons (Fsp3) is 0.867. The summed E-state index contributed by atoms with van der Waals surface area (Å²) in [6, 6.07) is -0.845. The van der Waals surface area contributed by atoms with Gasteiger partial charge in [0.2, 0.25) is 0 Å². The number of cyclic esters (lactones) is 1. The zero-order chi connectivity index (χ0) is 46.4. The highest BCUT2D eigenvalue weighted by Gasteiger charge is 2.59. The Kier molecular flexibility index (Phi) is 17.3. The fourth-order valence-electron chi connectivity index (χ4n) is 10.6. The maximum Gasteiger partial charge on any atom is 0.509 e. The molecule has 5 aliphatic rings. The largest absolute Gasteiger partial charge is 0.509 e. The molecule has 5 rings (SSSR count). The van der Waals surface area contributed by atoms with E-state index in [2.05, 4.69) is 15.8 Å². The van der Waals surface area contributed by atoms with Gasteiger partial charge in [0, 0.05) is 36.9 Å². The molecule has 3 aliphatic heterocycles. The van der Waals surface area contributed by atoms with Crippen molar-refractivity contribution in [1.29, 1.82) is 0 Å². The summed E-state index contributed by atoms with van der Waals surface area (Å²) in [6.07, 6.45) is -0.140. The Balaban J connectivity index is 1.50. The molecule has 14 atom stereocenters. The number of carbonyl (C=O) groups is 5. The number of nitrogens with zero attached hydrogens (tertiary/aromatic N) is 2. The topological polar surface area (TPSA) is 219 Å². The lowest BCUT2D eigenvalue weighted by molar-refractivity contribution is -0.312. The Hall–Kier alpha value is -3.58. The number of likely N-dealkylation sites (N-methyl/N-ethyl adjacent to an activating group) is 1. The van der Waals surface area contributed by atoms with Crippen molar-refractivity contribution in [3.05, 3.63) is 0 Å². The summed E-state index contributed by atoms with van der Waals surface area (Å²) < 4.78 is 43.0. The van der Waals surface area contributed by atoms with Gasteiger partial charge in [-0.15, -0.1) is 0 Å². The van der Waals surface area contributed by atoms with Gasteiger partial charge < -0.3 is 53.8 Å². The lowest BCUT2D eigenvalue weighted by Crippen LogP contribution is -2.65. The molecule has 5 fully saturated rings. The highest BCUT2D eigenvalue weighted by molar-refractivity contribution is 6.00. The Morgan fingerprint density at radius 1 is 0.873 bits per heavy atom. The molecule has 18 heteroatoms. The van der Waals surface area contributed by atoms with Crippen LogP contribution in [0.5, 0.6) is 0 Å². The fourth-order valence-corrected chi connectivity index (χ4v) is 10.6. The minimum atomic E-state index is -1.52. The molecule has 358 valence electrons. The summed E-state index contributed by atoms with van der Waals surface area (Å²) in [6.45, 7) is 13.5. The molecule has 3 saturated heterocycles. The van der Waals surface area contributed by atoms with E-state index in [9.17, 15) is 29.1 Å². The molecule has 2 aliphatic carbocycles. The first-order valence-corrected chi connectivity index (χ1v) is 23.1. The Bertz CT molecular complexity index is 1640. The minimum absolute atomic E-state index is 0.00478. The standard InChI is InChI=1S/C45H74N4O14/c1-12-31-45(8)38(61-43(55)62-45)25(3)32(48-63-42(54)47-30-21-17-14-18-22-30)24(2)23-44(7,56-11)37(26(4)34(50)27(5)39(52)58-31)60-40-35(51)33(49(9)10)36(28(6)57-40)59-41(53)46-29-19-15-13-16-20-29/h24-31,33,35-38,40,51H,12-23H2,1-11H3,(H,46,53)(H,47,54)/b48-32+/t24-,25+,26+,27-,28-,31-,33-,35-,36-,37-,38-,40+,44+,45-/m1/s1. The van der Waals surface area contributed by atoms with Crippen LogP contribution in [0.25, 0.3) is 0 Å². The van der Waals surface area contributed by atoms with Crippen molar-refractivity contribution in [2.24, 2.45) is 28.8 Å². The van der Waals surface area contributed by atoms with Crippen LogP contribution < -0.4 is 10.6 Å². The lowest BCUT2D eigenvalue weighted by Gasteiger charge is -2.49. The molecule has 18 nitrogen and oxygen atoms in total. The zero-order valence-corrected chi connectivity index (χ0v) is 39.2. The van der Waals surface area contributed by atoms with Gasteiger partial charge in [0.25, 0.3) is 0 Å². The van der Waals surface area contributed by atoms with Crippen LogP contribution >= 0.6 is 0 Å². The zero-order valence-electron chi connectivity index (χ0n) is 39.2. The number of carbonyl (C=O) groups excluding carboxylic acids is 5. The smallest absolute Gasteiger partial charge is 0.457 e. The molecule has 2 saturated carbocycles. The van der Waals surface area contributed by atoms with Crippen molar-refractivity contribution in [2.75, 3.05) is 21.2 Å². The normalized spacial score (nSPS) is 39.6. The van der Waals surface area contributed by atoms with E-state index in [1.54, 1.807) is 60.5 Å². The van der Waals surface area contributed by atoms with Crippen molar-refractivity contribution in [2.45, 2.75) is 205 Å². The third kappa shape index (κ3) is 11.6. The van der Waals surface area contributed by atoms with Gasteiger partial charge in [-0.3, -0.25) is 14.4 Å². The van der Waals surface area contributed by atoms with E-state index in [1.807, 2.05) is 6.92 Å². The number of methoxy groups -OCH3 is 1. The summed E-state index contributed by atoms with van der Waals surface area (Å²) in [7, 11) is 4.96. The van der Waals surface area contributed by atoms with Crippen LogP contribution in [0.3, 0.4) is 0 Å². The number of alkyl carbamates (subject to hydrolysis) is 1. The molecule has 0 spiro atoms. The molecule has 0 aromatic heterocycles. The summed E-state index contributed by atoms with van der Waals surface area (Å²) in [5.41, 5.74) is -2.61. The third-order valence-electron chi connectivity index (χ3n) is 14.2. The molecule has 0 bridgehead atoms. The monoisotopic (exact) mass is 895 g/mol. The summed E-state index contributed by atoms with van der Waals surface area (Å²) in [4.78, 5) is 75.1. The van der Waals surface area contributed by atoms with Crippen LogP contribution in [0.15, 0.2) is 5.16 Å². The van der Waals surface area contributed by atoms with Crippen LogP contribution in [-0.4, -0.2) is 139 Å². The number of ether oxygens (including phenoxy) is 7. The molecule has 63 heavy (non-hydrogen) atoms. The second-order valence-electron chi connectivity index (χ2n) is 19.2. The van der Waals surface area contributed by atoms with Crippen LogP contribution in [0.2, 0.25) is 0 Å². The maximum atomic E-state index is 14.5. The van der Waals surface area contributed by atoms with Crippen LogP contribution in [0, 0.1) is 23.7 Å². The van der Waals surface area contributed by atoms with Gasteiger partial charge in [0.15, 0.2) is 23.8 Å². The maximum absolute atomic E-state index is 14.5. The number of hydrogen-bond donors (Lipinski definition) is 3. The van der Waals surface area contributed by atoms with Gasteiger partial charge >= 0.3 is 24.3 Å². The average molecular weight is 895 g/mol. The van der Waals surface area contributed by atoms with Gasteiger partial charge in [-0.05, 0) is 80.3 Å². The first kappa shape index (κ1) is 50.4. The number of Topliss-reactive ketones (excluding diaryl/α,β-unsaturated/α-hetero) is 1. The third-order valence-corrected chi connectivity index (χ3v) is 14.2. The summed E-state index contributed by atoms with van der Waals surface area (Å²) in [5, 5.41) is 22.4. The predicted molar refractivity (Wildman–Crippen MR) is 229 cm³/mol. The average Bonchev–Trinajstić information content (AvgIpc) is 3.56. The first-order chi connectivity index (χ1) is 29.7. The van der Waals surface area contributed by atoms with E-state index in [-0.39, 0.29) is 24.9 Å². The molecule has 0 aromatic carbocycles. The molecule has 2 amide bonds. The summed E-state index contributed by atoms with van der Waals surface area (Å²) in [5.74, 6) is -5.16. The molecular weight excluding hydrogens is 821 g/mol. The highest BCUT2D eigenvalue weighted by Crippen LogP contribution is 2.42. The van der Waals surface area contributed by atoms with E-state index in [0.29, 0.717) is 5.71 Å². The number of esters is 1. The second kappa shape index (κ2) is 21.6. The van der Waals surface area contributed by atoms with Crippen molar-refractivity contribution < 1.29 is 67.1 Å². The van der Waals surface area contributed by atoms with Gasteiger partial charge in [-0.2, -0.15) is 0 Å². The molecular formula is C45H74N4O14. The number of ketones is 1. The Morgan fingerprint density at radius 3 is 2.02 bits per heavy atom. The number of fused-ring (bicyclic) bond motifs is 1. The first-order valence-electron chi connectivity index (χ1n) is 23.1. The van der Waals surface area contributed by atoms with Gasteiger partial charge in [-0.1, -0.05) is 71.4 Å². The van der Waals surface area contributed by atoms with E-state index in [4.69, 9.17) is 38.0 Å². The van der Waals surface area contributed by atoms with Crippen molar-refractivity contribution in [1.82, 2.24) is 15.5 Å².